The second-order valence-electron chi connectivity index (χ2n) is 11.8. The number of carbonyl (C=O) groups is 2. The number of carbonyl (C=O) groups excluding carboxylic acids is 2. The summed E-state index contributed by atoms with van der Waals surface area (Å²) in [6.45, 7) is 7.27. The third-order valence-corrected chi connectivity index (χ3v) is 8.59. The molecule has 13 heteroatoms. The molecule has 2 atom stereocenters. The van der Waals surface area contributed by atoms with Crippen molar-refractivity contribution in [2.75, 3.05) is 42.9 Å². The van der Waals surface area contributed by atoms with Crippen molar-refractivity contribution in [3.05, 3.63) is 58.9 Å². The van der Waals surface area contributed by atoms with Crippen LogP contribution in [0.4, 0.5) is 11.8 Å². The van der Waals surface area contributed by atoms with Crippen molar-refractivity contribution in [2.45, 2.75) is 70.9 Å². The smallest absolute Gasteiger partial charge is 0.270 e. The van der Waals surface area contributed by atoms with Crippen molar-refractivity contribution in [3.63, 3.8) is 0 Å². The first-order valence-electron chi connectivity index (χ1n) is 15.3. The van der Waals surface area contributed by atoms with Crippen molar-refractivity contribution in [2.24, 2.45) is 0 Å². The van der Waals surface area contributed by atoms with Crippen LogP contribution in [0.2, 0.25) is 0 Å². The molecule has 1 aromatic carbocycles. The summed E-state index contributed by atoms with van der Waals surface area (Å²) in [5, 5.41) is 20.6. The maximum atomic E-state index is 13.3. The summed E-state index contributed by atoms with van der Waals surface area (Å²) in [5.74, 6) is 2.19. The van der Waals surface area contributed by atoms with E-state index in [0.29, 0.717) is 50.2 Å². The molecule has 3 aliphatic heterocycles. The number of ether oxygens (including phenoxy) is 1. The van der Waals surface area contributed by atoms with Gasteiger partial charge in [-0.1, -0.05) is 6.07 Å². The summed E-state index contributed by atoms with van der Waals surface area (Å²) in [4.78, 5) is 42.1. The number of piperidine rings is 1. The average Bonchev–Trinajstić information content (AvgIpc) is 3.44. The van der Waals surface area contributed by atoms with Crippen LogP contribution in [0.3, 0.4) is 0 Å². The van der Waals surface area contributed by atoms with E-state index in [-0.39, 0.29) is 36.1 Å². The second-order valence-corrected chi connectivity index (χ2v) is 11.8. The summed E-state index contributed by atoms with van der Waals surface area (Å²) >= 11 is 0. The molecule has 5 heterocycles. The molecule has 2 saturated heterocycles. The zero-order chi connectivity index (χ0) is 30.6. The van der Waals surface area contributed by atoms with Crippen LogP contribution in [0.15, 0.2) is 35.1 Å². The number of oxazole rings is 1. The van der Waals surface area contributed by atoms with Gasteiger partial charge < -0.3 is 40.0 Å². The van der Waals surface area contributed by atoms with Gasteiger partial charge in [0, 0.05) is 58.3 Å². The van der Waals surface area contributed by atoms with Gasteiger partial charge >= 0.3 is 0 Å². The summed E-state index contributed by atoms with van der Waals surface area (Å²) < 4.78 is 11.2. The molecule has 6 rings (SSSR count). The van der Waals surface area contributed by atoms with Crippen molar-refractivity contribution in [3.8, 4) is 5.75 Å². The normalized spacial score (nSPS) is 19.1. The predicted molar refractivity (Wildman–Crippen MR) is 162 cm³/mol. The minimum atomic E-state index is -0.800. The number of amides is 2. The van der Waals surface area contributed by atoms with Gasteiger partial charge in [0.2, 0.25) is 11.9 Å². The quantitative estimate of drug-likeness (QED) is 0.267. The number of aryl methyl sites for hydroxylation is 1. The van der Waals surface area contributed by atoms with Crippen LogP contribution in [0.25, 0.3) is 0 Å². The van der Waals surface area contributed by atoms with Gasteiger partial charge in [0.1, 0.15) is 23.9 Å². The number of nitrogens with one attached hydrogen (secondary N) is 3. The van der Waals surface area contributed by atoms with E-state index in [1.54, 1.807) is 17.9 Å². The highest BCUT2D eigenvalue weighted by molar-refractivity contribution is 5.93. The van der Waals surface area contributed by atoms with E-state index in [1.807, 2.05) is 25.1 Å². The average molecular weight is 605 g/mol. The lowest BCUT2D eigenvalue weighted by atomic mass is 9.92. The molecule has 0 radical (unpaired) electrons. The number of nitrogens with zero attached hydrogens (tertiary/aromatic N) is 5. The van der Waals surface area contributed by atoms with Gasteiger partial charge in [-0.3, -0.25) is 9.59 Å². The number of benzene rings is 1. The summed E-state index contributed by atoms with van der Waals surface area (Å²) in [6, 6.07) is 7.43. The number of rotatable bonds is 10. The van der Waals surface area contributed by atoms with Crippen molar-refractivity contribution >= 4 is 23.6 Å². The van der Waals surface area contributed by atoms with Crippen LogP contribution in [0.5, 0.6) is 5.75 Å². The molecule has 3 aliphatic rings. The topological polar surface area (TPSA) is 158 Å². The fourth-order valence-electron chi connectivity index (χ4n) is 5.82. The van der Waals surface area contributed by atoms with Gasteiger partial charge in [-0.25, -0.2) is 9.97 Å². The highest BCUT2D eigenvalue weighted by Gasteiger charge is 2.30. The number of anilines is 2. The molecule has 4 N–H and O–H groups in total. The van der Waals surface area contributed by atoms with Crippen molar-refractivity contribution < 1.29 is 23.8 Å². The molecule has 0 saturated carbocycles. The van der Waals surface area contributed by atoms with Crippen LogP contribution in [0, 0.1) is 6.92 Å². The summed E-state index contributed by atoms with van der Waals surface area (Å²) in [5.41, 5.74) is 3.28. The Labute approximate surface area is 256 Å². The molecule has 44 heavy (non-hydrogen) atoms. The summed E-state index contributed by atoms with van der Waals surface area (Å²) in [6.07, 6.45) is 4.51. The monoisotopic (exact) mass is 604 g/mol. The van der Waals surface area contributed by atoms with Gasteiger partial charge in [0.15, 0.2) is 12.2 Å². The maximum Gasteiger partial charge on any atom is 0.270 e. The van der Waals surface area contributed by atoms with Crippen molar-refractivity contribution in [1.29, 1.82) is 0 Å². The molecular formula is C31H40N8O5. The lowest BCUT2D eigenvalue weighted by Crippen LogP contribution is -2.56. The highest BCUT2D eigenvalue weighted by Crippen LogP contribution is 2.25. The van der Waals surface area contributed by atoms with Gasteiger partial charge in [-0.15, -0.1) is 0 Å². The largest absolute Gasteiger partial charge is 0.486 e. The van der Waals surface area contributed by atoms with E-state index >= 15 is 0 Å². The maximum absolute atomic E-state index is 13.3. The first kappa shape index (κ1) is 29.8. The Morgan fingerprint density at radius 2 is 1.98 bits per heavy atom. The third-order valence-electron chi connectivity index (χ3n) is 8.59. The molecule has 0 spiro atoms. The van der Waals surface area contributed by atoms with Crippen LogP contribution in [-0.4, -0.2) is 87.7 Å². The standard InChI is InChI=1S/C31H40N8O5/c1-19-28(44-18-34-19)17-43-24-7-6-21-11-25(32-13-22(21)10-24)27(41)14-33-30(42)26-12-29(35-23-15-39(16-23)20(2)40)37-31(36-26)38-8-4-3-5-9-38/h6-7,10,12,18,23,25,27,32,41H,3-5,8-9,11,13-17H2,1-2H3,(H,33,42)(H,35,36,37)/t25-,27+/m0/s1. The van der Waals surface area contributed by atoms with E-state index in [4.69, 9.17) is 14.1 Å². The molecule has 0 aliphatic carbocycles. The van der Waals surface area contributed by atoms with Gasteiger partial charge in [-0.2, -0.15) is 4.98 Å². The van der Waals surface area contributed by atoms with Gasteiger partial charge in [0.25, 0.3) is 5.91 Å². The Morgan fingerprint density at radius 3 is 2.73 bits per heavy atom. The molecule has 13 nitrogen and oxygen atoms in total. The first-order chi connectivity index (χ1) is 21.3. The van der Waals surface area contributed by atoms with E-state index < -0.39 is 6.10 Å². The number of hydrogen-bond donors (Lipinski definition) is 4. The zero-order valence-electron chi connectivity index (χ0n) is 25.2. The van der Waals surface area contributed by atoms with E-state index in [1.165, 1.54) is 12.8 Å². The fourth-order valence-corrected chi connectivity index (χ4v) is 5.82. The van der Waals surface area contributed by atoms with E-state index in [2.05, 4.69) is 30.8 Å². The van der Waals surface area contributed by atoms with Crippen molar-refractivity contribution in [1.82, 2.24) is 30.5 Å². The molecule has 234 valence electrons. The lowest BCUT2D eigenvalue weighted by Gasteiger charge is -2.39. The lowest BCUT2D eigenvalue weighted by molar-refractivity contribution is -0.132. The van der Waals surface area contributed by atoms with Crippen LogP contribution in [-0.2, 0) is 24.4 Å². The molecule has 0 bridgehead atoms. The third kappa shape index (κ3) is 6.94. The second kappa shape index (κ2) is 13.2. The molecule has 2 amide bonds. The van der Waals surface area contributed by atoms with Crippen LogP contribution in [0.1, 0.15) is 59.3 Å². The van der Waals surface area contributed by atoms with Crippen LogP contribution >= 0.6 is 0 Å². The van der Waals surface area contributed by atoms with E-state index in [0.717, 1.165) is 48.5 Å². The summed E-state index contributed by atoms with van der Waals surface area (Å²) in [7, 11) is 0. The Hall–Kier alpha value is -4.23. The Kier molecular flexibility index (Phi) is 8.94. The van der Waals surface area contributed by atoms with Crippen LogP contribution < -0.4 is 25.6 Å². The Bertz CT molecular complexity index is 1480. The van der Waals surface area contributed by atoms with E-state index in [9.17, 15) is 14.7 Å². The number of aliphatic hydroxyl groups excluding tert-OH is 1. The molecular weight excluding hydrogens is 564 g/mol. The number of aliphatic hydroxyl groups is 1. The minimum absolute atomic E-state index is 0.0437. The highest BCUT2D eigenvalue weighted by atomic mass is 16.5. The molecule has 2 aromatic heterocycles. The number of likely N-dealkylation sites (tertiary alicyclic amines) is 1. The Morgan fingerprint density at radius 1 is 1.16 bits per heavy atom. The number of hydrogen-bond acceptors (Lipinski definition) is 11. The predicted octanol–water partition coefficient (Wildman–Crippen LogP) is 1.79. The SMILES string of the molecule is CC(=O)N1CC(Nc2cc(C(=O)NC[C@@H](O)[C@@H]3Cc4ccc(OCc5ocnc5C)cc4CN3)nc(N3CCCCC3)n2)C1. The van der Waals surface area contributed by atoms with Gasteiger partial charge in [-0.05, 0) is 55.9 Å². The Balaban J connectivity index is 1.05. The zero-order valence-corrected chi connectivity index (χ0v) is 25.2. The molecule has 2 fully saturated rings. The first-order valence-corrected chi connectivity index (χ1v) is 15.3. The fraction of sp³-hybridized carbons (Fsp3) is 0.516. The molecule has 3 aromatic rings. The minimum Gasteiger partial charge on any atom is -0.486 e. The van der Waals surface area contributed by atoms with Gasteiger partial charge in [0.05, 0.1) is 17.8 Å². The molecule has 0 unspecified atom stereocenters. The number of aromatic nitrogens is 3. The number of fused-ring (bicyclic) bond motifs is 1.